The molecule has 7 heteroatoms. The van der Waals surface area contributed by atoms with E-state index in [1.54, 1.807) is 24.5 Å². The Balaban J connectivity index is 1.94. The molecular formula is C23H31FN4O2. The van der Waals surface area contributed by atoms with Crippen molar-refractivity contribution in [3.8, 4) is 0 Å². The van der Waals surface area contributed by atoms with Gasteiger partial charge in [-0.1, -0.05) is 32.0 Å². The molecule has 1 heterocycles. The minimum Gasteiger partial charge on any atom is -0.342 e. The fourth-order valence-corrected chi connectivity index (χ4v) is 3.33. The van der Waals surface area contributed by atoms with Gasteiger partial charge in [-0.15, -0.1) is 0 Å². The van der Waals surface area contributed by atoms with Crippen LogP contribution >= 0.6 is 0 Å². The Bertz CT molecular complexity index is 795. The molecule has 0 aliphatic rings. The molecule has 162 valence electrons. The van der Waals surface area contributed by atoms with Crippen molar-refractivity contribution in [1.29, 1.82) is 0 Å². The normalized spacial score (nSPS) is 11.6. The van der Waals surface area contributed by atoms with Gasteiger partial charge in [0.2, 0.25) is 5.91 Å². The van der Waals surface area contributed by atoms with Gasteiger partial charge in [0.25, 0.3) is 0 Å². The predicted molar refractivity (Wildman–Crippen MR) is 115 cm³/mol. The summed E-state index contributed by atoms with van der Waals surface area (Å²) in [6.07, 6.45) is 5.65. The molecule has 0 fully saturated rings. The van der Waals surface area contributed by atoms with Crippen LogP contribution in [0.25, 0.3) is 0 Å². The molecule has 0 aliphatic carbocycles. The summed E-state index contributed by atoms with van der Waals surface area (Å²) < 4.78 is 13.2. The second kappa shape index (κ2) is 12.6. The standard InChI is InChI=1S/C23H31FN4O2/c1-3-13-28(14-4-2)22(29)21(19-8-6-11-25-17-19)10-12-26-23(30)27-16-18-7-5-9-20(24)15-18/h5-9,11,15,17,21H,3-4,10,12-14,16H2,1-2H3,(H2,26,27,30). The molecule has 1 unspecified atom stereocenters. The lowest BCUT2D eigenvalue weighted by Crippen LogP contribution is -2.39. The summed E-state index contributed by atoms with van der Waals surface area (Å²) in [5.41, 5.74) is 1.53. The summed E-state index contributed by atoms with van der Waals surface area (Å²) in [7, 11) is 0. The van der Waals surface area contributed by atoms with Gasteiger partial charge < -0.3 is 15.5 Å². The van der Waals surface area contributed by atoms with Crippen LogP contribution in [0.1, 0.15) is 50.2 Å². The summed E-state index contributed by atoms with van der Waals surface area (Å²) in [6.45, 7) is 6.11. The van der Waals surface area contributed by atoms with Crippen molar-refractivity contribution >= 4 is 11.9 Å². The van der Waals surface area contributed by atoms with Crippen LogP contribution in [0.2, 0.25) is 0 Å². The van der Waals surface area contributed by atoms with E-state index in [9.17, 15) is 14.0 Å². The summed E-state index contributed by atoms with van der Waals surface area (Å²) in [4.78, 5) is 31.3. The van der Waals surface area contributed by atoms with Gasteiger partial charge >= 0.3 is 6.03 Å². The molecule has 2 N–H and O–H groups in total. The highest BCUT2D eigenvalue weighted by molar-refractivity contribution is 5.83. The van der Waals surface area contributed by atoms with Crippen LogP contribution in [0.4, 0.5) is 9.18 Å². The summed E-state index contributed by atoms with van der Waals surface area (Å²) in [6, 6.07) is 9.46. The molecule has 0 saturated heterocycles. The molecule has 2 aromatic rings. The molecule has 0 spiro atoms. The van der Waals surface area contributed by atoms with E-state index in [4.69, 9.17) is 0 Å². The first-order valence-corrected chi connectivity index (χ1v) is 10.5. The predicted octanol–water partition coefficient (Wildman–Crippen LogP) is 3.84. The van der Waals surface area contributed by atoms with Gasteiger partial charge in [-0.05, 0) is 48.6 Å². The molecule has 2 rings (SSSR count). The molecule has 1 aromatic carbocycles. The van der Waals surface area contributed by atoms with E-state index >= 15 is 0 Å². The SMILES string of the molecule is CCCN(CCC)C(=O)C(CCNC(=O)NCc1cccc(F)c1)c1cccnc1. The van der Waals surface area contributed by atoms with Crippen LogP contribution in [0.3, 0.4) is 0 Å². The maximum atomic E-state index is 13.2. The van der Waals surface area contributed by atoms with Crippen LogP contribution in [-0.4, -0.2) is 41.5 Å². The first kappa shape index (κ1) is 23.3. The molecule has 6 nitrogen and oxygen atoms in total. The zero-order valence-electron chi connectivity index (χ0n) is 17.7. The Morgan fingerprint density at radius 2 is 1.87 bits per heavy atom. The van der Waals surface area contributed by atoms with Crippen molar-refractivity contribution in [2.45, 2.75) is 45.6 Å². The number of pyridine rings is 1. The van der Waals surface area contributed by atoms with Crippen LogP contribution < -0.4 is 10.6 Å². The second-order valence-corrected chi connectivity index (χ2v) is 7.19. The van der Waals surface area contributed by atoms with E-state index in [2.05, 4.69) is 29.5 Å². The number of hydrogen-bond donors (Lipinski definition) is 2. The summed E-state index contributed by atoms with van der Waals surface area (Å²) >= 11 is 0. The highest BCUT2D eigenvalue weighted by Gasteiger charge is 2.25. The molecule has 0 radical (unpaired) electrons. The number of carbonyl (C=O) groups is 2. The van der Waals surface area contributed by atoms with Crippen molar-refractivity contribution in [3.63, 3.8) is 0 Å². The number of nitrogens with zero attached hydrogens (tertiary/aromatic N) is 2. The number of amides is 3. The highest BCUT2D eigenvalue weighted by Crippen LogP contribution is 2.22. The van der Waals surface area contributed by atoms with Crippen LogP contribution in [0.15, 0.2) is 48.8 Å². The summed E-state index contributed by atoms with van der Waals surface area (Å²) in [5, 5.41) is 5.50. The lowest BCUT2D eigenvalue weighted by Gasteiger charge is -2.27. The quantitative estimate of drug-likeness (QED) is 0.587. The first-order chi connectivity index (χ1) is 14.5. The van der Waals surface area contributed by atoms with Crippen molar-refractivity contribution in [3.05, 3.63) is 65.7 Å². The zero-order valence-corrected chi connectivity index (χ0v) is 17.7. The molecule has 1 atom stereocenters. The minimum atomic E-state index is -0.361. The number of nitrogens with one attached hydrogen (secondary N) is 2. The van der Waals surface area contributed by atoms with E-state index in [-0.39, 0.29) is 30.2 Å². The Hall–Kier alpha value is -2.96. The number of rotatable bonds is 11. The Labute approximate surface area is 177 Å². The third kappa shape index (κ3) is 7.46. The number of aromatic nitrogens is 1. The van der Waals surface area contributed by atoms with E-state index in [0.29, 0.717) is 31.6 Å². The van der Waals surface area contributed by atoms with E-state index < -0.39 is 0 Å². The van der Waals surface area contributed by atoms with Gasteiger partial charge in [0.05, 0.1) is 5.92 Å². The van der Waals surface area contributed by atoms with Gasteiger partial charge in [-0.25, -0.2) is 9.18 Å². The third-order valence-electron chi connectivity index (χ3n) is 4.74. The fraction of sp³-hybridized carbons (Fsp3) is 0.435. The van der Waals surface area contributed by atoms with E-state index in [1.165, 1.54) is 12.1 Å². The van der Waals surface area contributed by atoms with Crippen molar-refractivity contribution in [2.24, 2.45) is 0 Å². The molecule has 1 aromatic heterocycles. The van der Waals surface area contributed by atoms with Crippen molar-refractivity contribution < 1.29 is 14.0 Å². The molecule has 3 amide bonds. The third-order valence-corrected chi connectivity index (χ3v) is 4.74. The Morgan fingerprint density at radius 1 is 1.10 bits per heavy atom. The number of urea groups is 1. The lowest BCUT2D eigenvalue weighted by molar-refractivity contribution is -0.133. The Morgan fingerprint density at radius 3 is 2.50 bits per heavy atom. The molecule has 30 heavy (non-hydrogen) atoms. The maximum Gasteiger partial charge on any atom is 0.315 e. The van der Waals surface area contributed by atoms with Gasteiger partial charge in [0.1, 0.15) is 5.82 Å². The second-order valence-electron chi connectivity index (χ2n) is 7.19. The fourth-order valence-electron chi connectivity index (χ4n) is 3.33. The van der Waals surface area contributed by atoms with Crippen molar-refractivity contribution in [1.82, 2.24) is 20.5 Å². The minimum absolute atomic E-state index is 0.0636. The van der Waals surface area contributed by atoms with E-state index in [0.717, 1.165) is 18.4 Å². The number of benzene rings is 1. The van der Waals surface area contributed by atoms with Crippen LogP contribution in [0, 0.1) is 5.82 Å². The van der Waals surface area contributed by atoms with Crippen LogP contribution in [-0.2, 0) is 11.3 Å². The topological polar surface area (TPSA) is 74.3 Å². The molecular weight excluding hydrogens is 383 g/mol. The average Bonchev–Trinajstić information content (AvgIpc) is 2.75. The monoisotopic (exact) mass is 414 g/mol. The molecule has 0 bridgehead atoms. The Kier molecular flexibility index (Phi) is 9.77. The summed E-state index contributed by atoms with van der Waals surface area (Å²) in [5.74, 6) is -0.634. The van der Waals surface area contributed by atoms with Gasteiger partial charge in [0.15, 0.2) is 0 Å². The number of carbonyl (C=O) groups excluding carboxylic acids is 2. The maximum absolute atomic E-state index is 13.2. The van der Waals surface area contributed by atoms with E-state index in [1.807, 2.05) is 17.0 Å². The van der Waals surface area contributed by atoms with Crippen molar-refractivity contribution in [2.75, 3.05) is 19.6 Å². The molecule has 0 saturated carbocycles. The number of hydrogen-bond acceptors (Lipinski definition) is 3. The van der Waals surface area contributed by atoms with Gasteiger partial charge in [-0.2, -0.15) is 0 Å². The smallest absolute Gasteiger partial charge is 0.315 e. The van der Waals surface area contributed by atoms with Gasteiger partial charge in [-0.3, -0.25) is 9.78 Å². The van der Waals surface area contributed by atoms with Crippen LogP contribution in [0.5, 0.6) is 0 Å². The lowest BCUT2D eigenvalue weighted by atomic mass is 9.95. The molecule has 0 aliphatic heterocycles. The largest absolute Gasteiger partial charge is 0.342 e. The first-order valence-electron chi connectivity index (χ1n) is 10.5. The van der Waals surface area contributed by atoms with Gasteiger partial charge in [0, 0.05) is 38.6 Å². The highest BCUT2D eigenvalue weighted by atomic mass is 19.1. The average molecular weight is 415 g/mol. The zero-order chi connectivity index (χ0) is 21.8. The number of halogens is 1.